The molecule has 0 radical (unpaired) electrons. The van der Waals surface area contributed by atoms with Crippen LogP contribution in [0.4, 0.5) is 10.2 Å². The SMILES string of the molecule is COc1ccc(F)cc1CN1CC[C@H](CNc2ccc(C#N)cn2)C1. The second-order valence-electron chi connectivity index (χ2n) is 6.27. The first-order valence-corrected chi connectivity index (χ1v) is 8.32. The highest BCUT2D eigenvalue weighted by Gasteiger charge is 2.23. The van der Waals surface area contributed by atoms with Crippen LogP contribution in [-0.2, 0) is 6.54 Å². The maximum atomic E-state index is 13.5. The van der Waals surface area contributed by atoms with Gasteiger partial charge in [-0.15, -0.1) is 0 Å². The lowest BCUT2D eigenvalue weighted by atomic mass is 10.1. The Morgan fingerprint density at radius 1 is 1.40 bits per heavy atom. The summed E-state index contributed by atoms with van der Waals surface area (Å²) in [5.41, 5.74) is 1.44. The molecule has 1 aliphatic rings. The quantitative estimate of drug-likeness (QED) is 0.876. The lowest BCUT2D eigenvalue weighted by Gasteiger charge is -2.18. The van der Waals surface area contributed by atoms with Crippen LogP contribution in [0.15, 0.2) is 36.5 Å². The molecule has 1 N–H and O–H groups in total. The number of anilines is 1. The highest BCUT2D eigenvalue weighted by molar-refractivity contribution is 5.39. The highest BCUT2D eigenvalue weighted by atomic mass is 19.1. The predicted octanol–water partition coefficient (Wildman–Crippen LogP) is 3.03. The van der Waals surface area contributed by atoms with E-state index in [4.69, 9.17) is 10.00 Å². The molecule has 0 unspecified atom stereocenters. The van der Waals surface area contributed by atoms with Gasteiger partial charge in [0, 0.05) is 31.4 Å². The monoisotopic (exact) mass is 340 g/mol. The summed E-state index contributed by atoms with van der Waals surface area (Å²) in [5.74, 6) is 1.78. The number of ether oxygens (including phenoxy) is 1. The maximum Gasteiger partial charge on any atom is 0.125 e. The fraction of sp³-hybridized carbons (Fsp3) is 0.368. The van der Waals surface area contributed by atoms with Gasteiger partial charge in [0.05, 0.1) is 12.7 Å². The molecule has 1 aromatic heterocycles. The number of nitrogens with zero attached hydrogens (tertiary/aromatic N) is 3. The van der Waals surface area contributed by atoms with Crippen LogP contribution in [0.1, 0.15) is 17.5 Å². The van der Waals surface area contributed by atoms with Crippen LogP contribution in [0.3, 0.4) is 0 Å². The van der Waals surface area contributed by atoms with E-state index in [9.17, 15) is 4.39 Å². The molecular weight excluding hydrogens is 319 g/mol. The molecule has 2 heterocycles. The number of halogens is 1. The molecule has 1 saturated heterocycles. The summed E-state index contributed by atoms with van der Waals surface area (Å²) in [7, 11) is 1.61. The summed E-state index contributed by atoms with van der Waals surface area (Å²) < 4.78 is 18.8. The van der Waals surface area contributed by atoms with E-state index < -0.39 is 0 Å². The van der Waals surface area contributed by atoms with Gasteiger partial charge in [-0.2, -0.15) is 5.26 Å². The predicted molar refractivity (Wildman–Crippen MR) is 93.8 cm³/mol. The number of pyridine rings is 1. The van der Waals surface area contributed by atoms with Gasteiger partial charge in [-0.1, -0.05) is 0 Å². The van der Waals surface area contributed by atoms with Crippen LogP contribution in [0.5, 0.6) is 5.75 Å². The molecule has 1 aromatic carbocycles. The second kappa shape index (κ2) is 7.95. The largest absolute Gasteiger partial charge is 0.496 e. The first-order chi connectivity index (χ1) is 12.2. The van der Waals surface area contributed by atoms with Crippen molar-refractivity contribution in [1.29, 1.82) is 5.26 Å². The average molecular weight is 340 g/mol. The van der Waals surface area contributed by atoms with E-state index in [0.29, 0.717) is 18.0 Å². The van der Waals surface area contributed by atoms with E-state index in [1.165, 1.54) is 6.07 Å². The van der Waals surface area contributed by atoms with Gasteiger partial charge in [-0.05, 0) is 49.2 Å². The molecule has 0 aliphatic carbocycles. The molecule has 3 rings (SSSR count). The van der Waals surface area contributed by atoms with Crippen molar-refractivity contribution in [2.75, 3.05) is 32.1 Å². The molecule has 5 nitrogen and oxygen atoms in total. The molecule has 130 valence electrons. The third-order valence-corrected chi connectivity index (χ3v) is 4.47. The Morgan fingerprint density at radius 3 is 3.00 bits per heavy atom. The van der Waals surface area contributed by atoms with Crippen LogP contribution in [0.2, 0.25) is 0 Å². The van der Waals surface area contributed by atoms with Crippen LogP contribution >= 0.6 is 0 Å². The number of methoxy groups -OCH3 is 1. The Morgan fingerprint density at radius 2 is 2.28 bits per heavy atom. The summed E-state index contributed by atoms with van der Waals surface area (Å²) in [5, 5.41) is 12.1. The van der Waals surface area contributed by atoms with Crippen molar-refractivity contribution in [1.82, 2.24) is 9.88 Å². The van der Waals surface area contributed by atoms with Crippen LogP contribution < -0.4 is 10.1 Å². The lowest BCUT2D eigenvalue weighted by molar-refractivity contribution is 0.309. The van der Waals surface area contributed by atoms with Gasteiger partial charge >= 0.3 is 0 Å². The maximum absolute atomic E-state index is 13.5. The van der Waals surface area contributed by atoms with Crippen LogP contribution in [-0.4, -0.2) is 36.6 Å². The van der Waals surface area contributed by atoms with E-state index in [-0.39, 0.29) is 5.82 Å². The number of aromatic nitrogens is 1. The number of nitrogens with one attached hydrogen (secondary N) is 1. The zero-order valence-electron chi connectivity index (χ0n) is 14.2. The van der Waals surface area contributed by atoms with Gasteiger partial charge in [0.15, 0.2) is 0 Å². The highest BCUT2D eigenvalue weighted by Crippen LogP contribution is 2.25. The van der Waals surface area contributed by atoms with Crippen LogP contribution in [0.25, 0.3) is 0 Å². The van der Waals surface area contributed by atoms with E-state index in [2.05, 4.69) is 21.3 Å². The fourth-order valence-corrected chi connectivity index (χ4v) is 3.15. The minimum atomic E-state index is -0.236. The van der Waals surface area contributed by atoms with Crippen molar-refractivity contribution in [3.8, 4) is 11.8 Å². The number of hydrogen-bond acceptors (Lipinski definition) is 5. The van der Waals surface area contributed by atoms with E-state index in [1.54, 1.807) is 31.5 Å². The summed E-state index contributed by atoms with van der Waals surface area (Å²) >= 11 is 0. The second-order valence-corrected chi connectivity index (χ2v) is 6.27. The summed E-state index contributed by atoms with van der Waals surface area (Å²) in [4.78, 5) is 6.54. The molecular formula is C19H21FN4O. The van der Waals surface area contributed by atoms with Crippen molar-refractivity contribution < 1.29 is 9.13 Å². The van der Waals surface area contributed by atoms with Crippen molar-refractivity contribution >= 4 is 5.82 Å². The number of benzene rings is 1. The molecule has 0 saturated carbocycles. The van der Waals surface area contributed by atoms with Crippen molar-refractivity contribution in [3.63, 3.8) is 0 Å². The van der Waals surface area contributed by atoms with Gasteiger partial charge in [0.1, 0.15) is 23.5 Å². The normalized spacial score (nSPS) is 17.2. The zero-order chi connectivity index (χ0) is 17.6. The van der Waals surface area contributed by atoms with Crippen molar-refractivity contribution in [2.45, 2.75) is 13.0 Å². The van der Waals surface area contributed by atoms with E-state index >= 15 is 0 Å². The molecule has 0 spiro atoms. The molecule has 1 fully saturated rings. The Kier molecular flexibility index (Phi) is 5.46. The van der Waals surface area contributed by atoms with Crippen molar-refractivity contribution in [3.05, 3.63) is 53.5 Å². The minimum absolute atomic E-state index is 0.236. The van der Waals surface area contributed by atoms with Gasteiger partial charge in [0.2, 0.25) is 0 Å². The standard InChI is InChI=1S/C19H21FN4O/c1-25-18-4-3-17(20)8-16(18)13-24-7-6-15(12-24)11-23-19-5-2-14(9-21)10-22-19/h2-5,8,10,15H,6-7,11-13H2,1H3,(H,22,23)/t15-/m1/s1. The lowest BCUT2D eigenvalue weighted by Crippen LogP contribution is -2.23. The Bertz CT molecular complexity index is 757. The number of rotatable bonds is 6. The van der Waals surface area contributed by atoms with Crippen LogP contribution in [0, 0.1) is 23.1 Å². The Labute approximate surface area is 147 Å². The number of nitriles is 1. The fourth-order valence-electron chi connectivity index (χ4n) is 3.15. The van der Waals surface area contributed by atoms with Gasteiger partial charge in [-0.3, -0.25) is 4.90 Å². The zero-order valence-corrected chi connectivity index (χ0v) is 14.2. The van der Waals surface area contributed by atoms with Gasteiger partial charge in [-0.25, -0.2) is 9.37 Å². The third kappa shape index (κ3) is 4.46. The smallest absolute Gasteiger partial charge is 0.125 e. The Hall–Kier alpha value is -2.65. The molecule has 1 atom stereocenters. The number of likely N-dealkylation sites (tertiary alicyclic amines) is 1. The Balaban J connectivity index is 1.52. The third-order valence-electron chi connectivity index (χ3n) is 4.47. The van der Waals surface area contributed by atoms with Gasteiger partial charge in [0.25, 0.3) is 0 Å². The van der Waals surface area contributed by atoms with Gasteiger partial charge < -0.3 is 10.1 Å². The molecule has 6 heteroatoms. The van der Waals surface area contributed by atoms with E-state index in [1.807, 2.05) is 6.07 Å². The average Bonchev–Trinajstić information content (AvgIpc) is 3.08. The minimum Gasteiger partial charge on any atom is -0.496 e. The molecule has 0 bridgehead atoms. The summed E-state index contributed by atoms with van der Waals surface area (Å²) in [6.45, 7) is 3.44. The summed E-state index contributed by atoms with van der Waals surface area (Å²) in [6, 6.07) is 10.3. The molecule has 1 aliphatic heterocycles. The molecule has 2 aromatic rings. The van der Waals surface area contributed by atoms with Crippen molar-refractivity contribution in [2.24, 2.45) is 5.92 Å². The summed E-state index contributed by atoms with van der Waals surface area (Å²) in [6.07, 6.45) is 2.65. The van der Waals surface area contributed by atoms with E-state index in [0.717, 1.165) is 43.2 Å². The first kappa shape index (κ1) is 17.2. The molecule has 25 heavy (non-hydrogen) atoms. The molecule has 0 amide bonds. The number of hydrogen-bond donors (Lipinski definition) is 1. The topological polar surface area (TPSA) is 61.2 Å². The first-order valence-electron chi connectivity index (χ1n) is 8.32.